The molecule has 0 aliphatic rings. The summed E-state index contributed by atoms with van der Waals surface area (Å²) in [6.45, 7) is 10.6. The molecule has 2 N–H and O–H groups in total. The molecule has 0 fully saturated rings. The molecule has 114 valence electrons. The lowest BCUT2D eigenvalue weighted by molar-refractivity contribution is 0.0698. The summed E-state index contributed by atoms with van der Waals surface area (Å²) in [5, 5.41) is 19.8. The van der Waals surface area contributed by atoms with Crippen molar-refractivity contribution in [3.05, 3.63) is 34.5 Å². The molecule has 21 heavy (non-hydrogen) atoms. The van der Waals surface area contributed by atoms with Crippen molar-refractivity contribution in [2.75, 3.05) is 6.61 Å². The second kappa shape index (κ2) is 5.19. The fraction of sp³-hybridized carbons (Fsp3) is 0.471. The number of aromatic nitrogens is 1. The molecule has 0 bridgehead atoms. The second-order valence-corrected chi connectivity index (χ2v) is 6.56. The van der Waals surface area contributed by atoms with E-state index < -0.39 is 5.97 Å². The van der Waals surface area contributed by atoms with Crippen LogP contribution in [0, 0.1) is 13.8 Å². The number of aromatic carboxylic acids is 1. The Morgan fingerprint density at radius 2 is 1.86 bits per heavy atom. The summed E-state index contributed by atoms with van der Waals surface area (Å²) < 4.78 is 1.90. The maximum Gasteiger partial charge on any atom is 0.337 e. The molecular formula is C17H23NO3. The van der Waals surface area contributed by atoms with Gasteiger partial charge in [0.2, 0.25) is 0 Å². The SMILES string of the molecule is Cc1c(C)n(CCO)c2c(C(=O)O)cc(C(C)(C)C)cc12. The third-order valence-electron chi connectivity index (χ3n) is 4.15. The average molecular weight is 289 g/mol. The number of carboxylic acids is 1. The van der Waals surface area contributed by atoms with Crippen LogP contribution >= 0.6 is 0 Å². The quantitative estimate of drug-likeness (QED) is 0.911. The van der Waals surface area contributed by atoms with Crippen molar-refractivity contribution in [3.8, 4) is 0 Å². The number of fused-ring (bicyclic) bond motifs is 1. The van der Waals surface area contributed by atoms with Crippen LogP contribution in [-0.2, 0) is 12.0 Å². The number of carboxylic acid groups (broad SMARTS) is 1. The molecule has 0 saturated carbocycles. The van der Waals surface area contributed by atoms with Crippen molar-refractivity contribution in [3.63, 3.8) is 0 Å². The van der Waals surface area contributed by atoms with Crippen LogP contribution in [0.3, 0.4) is 0 Å². The molecule has 0 aliphatic heterocycles. The highest BCUT2D eigenvalue weighted by Crippen LogP contribution is 2.33. The minimum atomic E-state index is -0.928. The summed E-state index contributed by atoms with van der Waals surface area (Å²) in [4.78, 5) is 11.7. The molecule has 0 spiro atoms. The van der Waals surface area contributed by atoms with Gasteiger partial charge in [0.25, 0.3) is 0 Å². The minimum absolute atomic E-state index is 0.00978. The lowest BCUT2D eigenvalue weighted by Gasteiger charge is -2.20. The van der Waals surface area contributed by atoms with Gasteiger partial charge >= 0.3 is 5.97 Å². The number of rotatable bonds is 3. The van der Waals surface area contributed by atoms with E-state index in [1.54, 1.807) is 6.07 Å². The standard InChI is InChI=1S/C17H23NO3/c1-10-11(2)18(6-7-19)15-13(10)8-12(17(3,4)5)9-14(15)16(20)21/h8-9,19H,6-7H2,1-5H3,(H,20,21). The van der Waals surface area contributed by atoms with Crippen molar-refractivity contribution < 1.29 is 15.0 Å². The van der Waals surface area contributed by atoms with E-state index in [4.69, 9.17) is 0 Å². The fourth-order valence-electron chi connectivity index (χ4n) is 2.75. The Labute approximate surface area is 125 Å². The summed E-state index contributed by atoms with van der Waals surface area (Å²) >= 11 is 0. The van der Waals surface area contributed by atoms with Crippen LogP contribution in [-0.4, -0.2) is 27.4 Å². The molecule has 2 rings (SSSR count). The van der Waals surface area contributed by atoms with Gasteiger partial charge in [-0.15, -0.1) is 0 Å². The zero-order chi connectivity index (χ0) is 15.9. The minimum Gasteiger partial charge on any atom is -0.478 e. The zero-order valence-corrected chi connectivity index (χ0v) is 13.3. The summed E-state index contributed by atoms with van der Waals surface area (Å²) in [6, 6.07) is 3.84. The third kappa shape index (κ3) is 2.56. The van der Waals surface area contributed by atoms with E-state index in [0.717, 1.165) is 22.2 Å². The first-order chi connectivity index (χ1) is 9.68. The molecule has 1 heterocycles. The molecule has 1 aromatic carbocycles. The summed E-state index contributed by atoms with van der Waals surface area (Å²) in [5.41, 5.74) is 4.00. The molecule has 0 unspecified atom stereocenters. The van der Waals surface area contributed by atoms with Crippen LogP contribution in [0.4, 0.5) is 0 Å². The number of aryl methyl sites for hydroxylation is 1. The molecule has 0 saturated heterocycles. The Morgan fingerprint density at radius 1 is 1.24 bits per heavy atom. The van der Waals surface area contributed by atoms with Crippen LogP contribution in [0.15, 0.2) is 12.1 Å². The van der Waals surface area contributed by atoms with Gasteiger partial charge in [-0.05, 0) is 42.5 Å². The molecule has 0 radical (unpaired) electrons. The van der Waals surface area contributed by atoms with Crippen LogP contribution < -0.4 is 0 Å². The predicted molar refractivity (Wildman–Crippen MR) is 84.2 cm³/mol. The number of aliphatic hydroxyl groups is 1. The van der Waals surface area contributed by atoms with Gasteiger partial charge in [-0.1, -0.05) is 20.8 Å². The summed E-state index contributed by atoms with van der Waals surface area (Å²) in [5.74, 6) is -0.928. The smallest absolute Gasteiger partial charge is 0.337 e. The Morgan fingerprint density at radius 3 is 2.33 bits per heavy atom. The summed E-state index contributed by atoms with van der Waals surface area (Å²) in [6.07, 6.45) is 0. The highest BCUT2D eigenvalue weighted by molar-refractivity contribution is 6.04. The van der Waals surface area contributed by atoms with Crippen molar-refractivity contribution in [2.24, 2.45) is 0 Å². The molecule has 0 aliphatic carbocycles. The highest BCUT2D eigenvalue weighted by atomic mass is 16.4. The Balaban J connectivity index is 2.92. The van der Waals surface area contributed by atoms with E-state index in [0.29, 0.717) is 17.6 Å². The Hall–Kier alpha value is -1.81. The fourth-order valence-corrected chi connectivity index (χ4v) is 2.75. The van der Waals surface area contributed by atoms with Gasteiger partial charge in [0, 0.05) is 17.6 Å². The maximum atomic E-state index is 11.7. The third-order valence-corrected chi connectivity index (χ3v) is 4.15. The normalized spacial score (nSPS) is 12.1. The van der Waals surface area contributed by atoms with Crippen molar-refractivity contribution in [1.29, 1.82) is 0 Å². The number of nitrogens with zero attached hydrogens (tertiary/aromatic N) is 1. The molecule has 1 aromatic heterocycles. The molecule has 0 atom stereocenters. The van der Waals surface area contributed by atoms with Gasteiger partial charge in [0.05, 0.1) is 17.7 Å². The van der Waals surface area contributed by atoms with Crippen LogP contribution in [0.1, 0.15) is 48.0 Å². The van der Waals surface area contributed by atoms with E-state index in [9.17, 15) is 15.0 Å². The first kappa shape index (κ1) is 15.6. The lowest BCUT2D eigenvalue weighted by atomic mass is 9.85. The van der Waals surface area contributed by atoms with Crippen LogP contribution in [0.25, 0.3) is 10.9 Å². The number of benzene rings is 1. The van der Waals surface area contributed by atoms with Gasteiger partial charge in [0.1, 0.15) is 0 Å². The van der Waals surface area contributed by atoms with Gasteiger partial charge in [-0.2, -0.15) is 0 Å². The van der Waals surface area contributed by atoms with E-state index in [-0.39, 0.29) is 12.0 Å². The topological polar surface area (TPSA) is 62.5 Å². The maximum absolute atomic E-state index is 11.7. The molecule has 2 aromatic rings. The molecule has 4 heteroatoms. The average Bonchev–Trinajstić information content (AvgIpc) is 2.62. The van der Waals surface area contributed by atoms with Gasteiger partial charge in [-0.3, -0.25) is 0 Å². The largest absolute Gasteiger partial charge is 0.478 e. The van der Waals surface area contributed by atoms with E-state index in [1.807, 2.05) is 18.4 Å². The number of carbonyl (C=O) groups is 1. The number of aliphatic hydroxyl groups excluding tert-OH is 1. The van der Waals surface area contributed by atoms with Crippen LogP contribution in [0.5, 0.6) is 0 Å². The molecule has 4 nitrogen and oxygen atoms in total. The lowest BCUT2D eigenvalue weighted by Crippen LogP contribution is -2.14. The Bertz CT molecular complexity index is 705. The molecular weight excluding hydrogens is 266 g/mol. The van der Waals surface area contributed by atoms with Gasteiger partial charge < -0.3 is 14.8 Å². The second-order valence-electron chi connectivity index (χ2n) is 6.56. The molecule has 0 amide bonds. The van der Waals surface area contributed by atoms with Crippen molar-refractivity contribution >= 4 is 16.9 Å². The predicted octanol–water partition coefficient (Wildman–Crippen LogP) is 3.25. The van der Waals surface area contributed by atoms with Gasteiger partial charge in [-0.25, -0.2) is 4.79 Å². The van der Waals surface area contributed by atoms with E-state index in [1.165, 1.54) is 0 Å². The monoisotopic (exact) mass is 289 g/mol. The van der Waals surface area contributed by atoms with Crippen molar-refractivity contribution in [2.45, 2.75) is 46.6 Å². The number of hydrogen-bond acceptors (Lipinski definition) is 2. The summed E-state index contributed by atoms with van der Waals surface area (Å²) in [7, 11) is 0. The number of hydrogen-bond donors (Lipinski definition) is 2. The zero-order valence-electron chi connectivity index (χ0n) is 13.3. The van der Waals surface area contributed by atoms with Gasteiger partial charge in [0.15, 0.2) is 0 Å². The van der Waals surface area contributed by atoms with Crippen LogP contribution in [0.2, 0.25) is 0 Å². The first-order valence-corrected chi connectivity index (χ1v) is 7.16. The van der Waals surface area contributed by atoms with E-state index in [2.05, 4.69) is 26.8 Å². The highest BCUT2D eigenvalue weighted by Gasteiger charge is 2.23. The Kier molecular flexibility index (Phi) is 3.85. The van der Waals surface area contributed by atoms with E-state index >= 15 is 0 Å². The first-order valence-electron chi connectivity index (χ1n) is 7.16. The van der Waals surface area contributed by atoms with Crippen molar-refractivity contribution in [1.82, 2.24) is 4.57 Å².